The number of nitrogen functional groups attached to an aromatic ring is 1. The van der Waals surface area contributed by atoms with Crippen molar-refractivity contribution in [3.8, 4) is 5.82 Å². The molecule has 0 aromatic carbocycles. The molecule has 2 aromatic rings. The Kier molecular flexibility index (Phi) is 2.85. The van der Waals surface area contributed by atoms with E-state index in [-0.39, 0.29) is 0 Å². The van der Waals surface area contributed by atoms with Crippen LogP contribution >= 0.6 is 0 Å². The van der Waals surface area contributed by atoms with Crippen LogP contribution in [0.15, 0.2) is 18.3 Å². The van der Waals surface area contributed by atoms with Crippen LogP contribution in [0.2, 0.25) is 0 Å². The molecule has 0 saturated carbocycles. The predicted octanol–water partition coefficient (Wildman–Crippen LogP) is 1.37. The zero-order chi connectivity index (χ0) is 11.5. The first-order chi connectivity index (χ1) is 7.76. The van der Waals surface area contributed by atoms with E-state index in [1.807, 2.05) is 26.0 Å². The summed E-state index contributed by atoms with van der Waals surface area (Å²) in [6, 6.07) is 3.62. The van der Waals surface area contributed by atoms with Crippen LogP contribution in [0.4, 0.5) is 5.69 Å². The van der Waals surface area contributed by atoms with Crippen molar-refractivity contribution in [3.05, 3.63) is 30.0 Å². The summed E-state index contributed by atoms with van der Waals surface area (Å²) in [6.07, 6.45) is 3.33. The van der Waals surface area contributed by atoms with Crippen molar-refractivity contribution in [1.82, 2.24) is 19.7 Å². The molecule has 2 heterocycles. The van der Waals surface area contributed by atoms with E-state index in [0.717, 1.165) is 24.5 Å². The van der Waals surface area contributed by atoms with E-state index in [4.69, 9.17) is 5.73 Å². The zero-order valence-electron chi connectivity index (χ0n) is 9.51. The van der Waals surface area contributed by atoms with Gasteiger partial charge in [0.2, 0.25) is 0 Å². The molecule has 0 aliphatic rings. The minimum atomic E-state index is 0.616. The Balaban J connectivity index is 2.54. The molecule has 0 atom stereocenters. The van der Waals surface area contributed by atoms with Gasteiger partial charge in [-0.3, -0.25) is 0 Å². The van der Waals surface area contributed by atoms with Gasteiger partial charge in [0.15, 0.2) is 11.6 Å². The molecule has 0 aliphatic carbocycles. The molecule has 0 aliphatic heterocycles. The van der Waals surface area contributed by atoms with E-state index >= 15 is 0 Å². The third-order valence-corrected chi connectivity index (χ3v) is 2.37. The lowest BCUT2D eigenvalue weighted by atomic mass is 10.4. The fourth-order valence-electron chi connectivity index (χ4n) is 1.53. The second-order valence-corrected chi connectivity index (χ2v) is 3.48. The number of nitrogens with two attached hydrogens (primary N) is 1. The molecular weight excluding hydrogens is 202 g/mol. The van der Waals surface area contributed by atoms with E-state index in [1.165, 1.54) is 0 Å². The maximum Gasteiger partial charge on any atom is 0.178 e. The lowest BCUT2D eigenvalue weighted by Crippen LogP contribution is -2.07. The van der Waals surface area contributed by atoms with Gasteiger partial charge in [0.25, 0.3) is 0 Å². The summed E-state index contributed by atoms with van der Waals surface area (Å²) in [6.45, 7) is 4.07. The van der Waals surface area contributed by atoms with Gasteiger partial charge in [-0.2, -0.15) is 4.68 Å². The summed E-state index contributed by atoms with van der Waals surface area (Å²) < 4.78 is 1.73. The molecule has 0 saturated heterocycles. The van der Waals surface area contributed by atoms with Crippen molar-refractivity contribution < 1.29 is 0 Å². The molecule has 0 amide bonds. The number of hydrogen-bond acceptors (Lipinski definition) is 4. The van der Waals surface area contributed by atoms with E-state index in [1.54, 1.807) is 10.9 Å². The van der Waals surface area contributed by atoms with E-state index in [0.29, 0.717) is 11.5 Å². The lowest BCUT2D eigenvalue weighted by molar-refractivity contribution is 0.771. The third kappa shape index (κ3) is 1.76. The van der Waals surface area contributed by atoms with E-state index < -0.39 is 0 Å². The first kappa shape index (κ1) is 10.6. The number of nitrogens with zero attached hydrogens (tertiary/aromatic N) is 4. The molecule has 0 spiro atoms. The molecule has 0 fully saturated rings. The average molecular weight is 217 g/mol. The Bertz CT molecular complexity index is 489. The standard InChI is InChI=1S/C11H15N5/c1-3-9-14-10(4-2)16(15-9)11-8(12)6-5-7-13-11/h5-7H,3-4,12H2,1-2H3. The van der Waals surface area contributed by atoms with Gasteiger partial charge in [-0.15, -0.1) is 5.10 Å². The summed E-state index contributed by atoms with van der Waals surface area (Å²) >= 11 is 0. The van der Waals surface area contributed by atoms with Crippen molar-refractivity contribution in [2.75, 3.05) is 5.73 Å². The van der Waals surface area contributed by atoms with Crippen LogP contribution in [0.1, 0.15) is 25.5 Å². The molecule has 2 rings (SSSR count). The maximum absolute atomic E-state index is 5.88. The molecule has 5 nitrogen and oxygen atoms in total. The van der Waals surface area contributed by atoms with Gasteiger partial charge in [0, 0.05) is 19.0 Å². The van der Waals surface area contributed by atoms with Crippen molar-refractivity contribution in [1.29, 1.82) is 0 Å². The normalized spacial score (nSPS) is 10.6. The second-order valence-electron chi connectivity index (χ2n) is 3.48. The van der Waals surface area contributed by atoms with E-state index in [9.17, 15) is 0 Å². The SMILES string of the molecule is CCc1nc(CC)n(-c2ncccc2N)n1. The number of aryl methyl sites for hydroxylation is 2. The molecule has 0 bridgehead atoms. The van der Waals surface area contributed by atoms with Crippen LogP contribution in [0.5, 0.6) is 0 Å². The highest BCUT2D eigenvalue weighted by Crippen LogP contribution is 2.14. The fourth-order valence-corrected chi connectivity index (χ4v) is 1.53. The van der Waals surface area contributed by atoms with Gasteiger partial charge in [-0.05, 0) is 12.1 Å². The van der Waals surface area contributed by atoms with Gasteiger partial charge in [0.1, 0.15) is 5.82 Å². The minimum absolute atomic E-state index is 0.616. The molecule has 2 N–H and O–H groups in total. The molecule has 0 radical (unpaired) electrons. The number of rotatable bonds is 3. The molecule has 5 heteroatoms. The minimum Gasteiger partial charge on any atom is -0.396 e. The van der Waals surface area contributed by atoms with Crippen LogP contribution < -0.4 is 5.73 Å². The van der Waals surface area contributed by atoms with Crippen LogP contribution in [0, 0.1) is 0 Å². The second kappa shape index (κ2) is 4.30. The van der Waals surface area contributed by atoms with E-state index in [2.05, 4.69) is 15.1 Å². The Labute approximate surface area is 94.3 Å². The third-order valence-electron chi connectivity index (χ3n) is 2.37. The van der Waals surface area contributed by atoms with Crippen molar-refractivity contribution in [2.24, 2.45) is 0 Å². The molecule has 2 aromatic heterocycles. The quantitative estimate of drug-likeness (QED) is 0.843. The van der Waals surface area contributed by atoms with Gasteiger partial charge >= 0.3 is 0 Å². The smallest absolute Gasteiger partial charge is 0.178 e. The summed E-state index contributed by atoms with van der Waals surface area (Å²) in [5.74, 6) is 2.37. The highest BCUT2D eigenvalue weighted by Gasteiger charge is 2.11. The van der Waals surface area contributed by atoms with Crippen LogP contribution in [-0.2, 0) is 12.8 Å². The highest BCUT2D eigenvalue weighted by molar-refractivity contribution is 5.52. The number of aromatic nitrogens is 4. The lowest BCUT2D eigenvalue weighted by Gasteiger charge is -2.05. The molecule has 0 unspecified atom stereocenters. The number of hydrogen-bond donors (Lipinski definition) is 1. The fraction of sp³-hybridized carbons (Fsp3) is 0.364. The van der Waals surface area contributed by atoms with Crippen molar-refractivity contribution in [2.45, 2.75) is 26.7 Å². The van der Waals surface area contributed by atoms with Gasteiger partial charge in [0.05, 0.1) is 5.69 Å². The average Bonchev–Trinajstić information content (AvgIpc) is 2.72. The van der Waals surface area contributed by atoms with Crippen LogP contribution in [0.3, 0.4) is 0 Å². The largest absolute Gasteiger partial charge is 0.396 e. The topological polar surface area (TPSA) is 69.6 Å². The number of anilines is 1. The zero-order valence-corrected chi connectivity index (χ0v) is 9.51. The summed E-state index contributed by atoms with van der Waals surface area (Å²) in [7, 11) is 0. The first-order valence-corrected chi connectivity index (χ1v) is 5.42. The molecule has 84 valence electrons. The van der Waals surface area contributed by atoms with Gasteiger partial charge < -0.3 is 5.73 Å². The maximum atomic E-state index is 5.88. The van der Waals surface area contributed by atoms with Crippen molar-refractivity contribution >= 4 is 5.69 Å². The highest BCUT2D eigenvalue weighted by atomic mass is 15.4. The Hall–Kier alpha value is -1.91. The summed E-state index contributed by atoms with van der Waals surface area (Å²) in [5, 5.41) is 4.39. The van der Waals surface area contributed by atoms with Crippen LogP contribution in [-0.4, -0.2) is 19.7 Å². The van der Waals surface area contributed by atoms with Gasteiger partial charge in [-0.1, -0.05) is 13.8 Å². The Morgan fingerprint density at radius 3 is 2.75 bits per heavy atom. The monoisotopic (exact) mass is 217 g/mol. The molecular formula is C11H15N5. The van der Waals surface area contributed by atoms with Gasteiger partial charge in [-0.25, -0.2) is 9.97 Å². The Morgan fingerprint density at radius 2 is 2.12 bits per heavy atom. The number of pyridine rings is 1. The molecule has 16 heavy (non-hydrogen) atoms. The first-order valence-electron chi connectivity index (χ1n) is 5.42. The summed E-state index contributed by atoms with van der Waals surface area (Å²) in [5.41, 5.74) is 6.49. The Morgan fingerprint density at radius 1 is 1.31 bits per heavy atom. The van der Waals surface area contributed by atoms with Crippen LogP contribution in [0.25, 0.3) is 5.82 Å². The predicted molar refractivity (Wildman–Crippen MR) is 62.3 cm³/mol. The summed E-state index contributed by atoms with van der Waals surface area (Å²) in [4.78, 5) is 8.66. The van der Waals surface area contributed by atoms with Crippen molar-refractivity contribution in [3.63, 3.8) is 0 Å².